The predicted molar refractivity (Wildman–Crippen MR) is 171 cm³/mol. The Morgan fingerprint density at radius 1 is 1.18 bits per heavy atom. The third-order valence-corrected chi connectivity index (χ3v) is 12.5. The molecule has 3 N–H and O–H groups in total. The van der Waals surface area contributed by atoms with E-state index in [1.807, 2.05) is 79.7 Å². The number of ketones is 1. The number of nitrogens with zero attached hydrogens (tertiary/aromatic N) is 2. The number of amides is 1. The Morgan fingerprint density at radius 2 is 1.84 bits per heavy atom. The van der Waals surface area contributed by atoms with Gasteiger partial charge in [-0.3, -0.25) is 24.2 Å². The third kappa shape index (κ3) is 4.35. The molecule has 1 spiro atoms. The number of rotatable bonds is 7. The number of fused-ring (bicyclic) bond motifs is 4. The maximum absolute atomic E-state index is 14.4. The highest BCUT2D eigenvalue weighted by Crippen LogP contribution is 2.69. The lowest BCUT2D eigenvalue weighted by Gasteiger charge is -2.60. The molecule has 10 heteroatoms. The normalized spacial score (nSPS) is 38.5. The maximum Gasteiger partial charge on any atom is 0.323 e. The second-order valence-corrected chi connectivity index (χ2v) is 16.1. The van der Waals surface area contributed by atoms with Crippen LogP contribution in [-0.2, 0) is 24.5 Å². The standard InChI is InChI=1S/C35H52N4O6/c1-19(2)26(38(9)10)29(41)44-22-14-20(3)39-18-33(36-8)17-34(32(6,7)35(33,43)16-21(39)15-22)24-13-11-12-23(25(24)37-30(34)42)27(40)28-31(4,5)45-28/h11-13,19-22,26,28,36,43H,14-18H2,1-10H3,(H,37,42)/t20-,21+,22+,26+,28-,33+,34-,35-/m1/s1. The highest BCUT2D eigenvalue weighted by molar-refractivity contribution is 6.15. The molecule has 1 aromatic carbocycles. The van der Waals surface area contributed by atoms with Gasteiger partial charge in [0.25, 0.3) is 0 Å². The van der Waals surface area contributed by atoms with Crippen LogP contribution in [0.4, 0.5) is 5.69 Å². The molecular weight excluding hydrogens is 572 g/mol. The summed E-state index contributed by atoms with van der Waals surface area (Å²) < 4.78 is 11.8. The zero-order valence-electron chi connectivity index (χ0n) is 28.6. The number of aliphatic hydroxyl groups is 1. The van der Waals surface area contributed by atoms with Gasteiger partial charge in [-0.25, -0.2) is 0 Å². The molecule has 4 aliphatic heterocycles. The molecule has 5 aliphatic rings. The number of para-hydroxylation sites is 1. The topological polar surface area (TPSA) is 124 Å². The van der Waals surface area contributed by atoms with Gasteiger partial charge in [-0.1, -0.05) is 39.8 Å². The summed E-state index contributed by atoms with van der Waals surface area (Å²) in [6.07, 6.45) is 1.34. The number of carbonyl (C=O) groups excluding carboxylic acids is 3. The monoisotopic (exact) mass is 624 g/mol. The van der Waals surface area contributed by atoms with Gasteiger partial charge < -0.3 is 25.2 Å². The van der Waals surface area contributed by atoms with E-state index in [0.29, 0.717) is 43.5 Å². The van der Waals surface area contributed by atoms with Gasteiger partial charge in [-0.05, 0) is 78.7 Å². The number of hydrogen-bond donors (Lipinski definition) is 3. The van der Waals surface area contributed by atoms with Crippen LogP contribution in [0.2, 0.25) is 0 Å². The van der Waals surface area contributed by atoms with E-state index in [2.05, 4.69) is 22.5 Å². The molecule has 1 amide bonds. The minimum Gasteiger partial charge on any atom is -0.461 e. The van der Waals surface area contributed by atoms with Gasteiger partial charge >= 0.3 is 5.97 Å². The molecule has 0 bridgehead atoms. The molecule has 8 atom stereocenters. The summed E-state index contributed by atoms with van der Waals surface area (Å²) in [7, 11) is 5.69. The first-order valence-electron chi connectivity index (χ1n) is 16.6. The van der Waals surface area contributed by atoms with Crippen LogP contribution in [0.15, 0.2) is 18.2 Å². The summed E-state index contributed by atoms with van der Waals surface area (Å²) >= 11 is 0. The Balaban J connectivity index is 1.35. The predicted octanol–water partition coefficient (Wildman–Crippen LogP) is 3.11. The first kappa shape index (κ1) is 32.6. The molecule has 0 unspecified atom stereocenters. The van der Waals surface area contributed by atoms with Crippen LogP contribution in [0.25, 0.3) is 0 Å². The molecule has 4 heterocycles. The van der Waals surface area contributed by atoms with Crippen molar-refractivity contribution in [3.05, 3.63) is 29.3 Å². The zero-order chi connectivity index (χ0) is 33.1. The van der Waals surface area contributed by atoms with Crippen molar-refractivity contribution in [3.63, 3.8) is 0 Å². The van der Waals surface area contributed by atoms with Gasteiger partial charge in [0.15, 0.2) is 5.78 Å². The van der Waals surface area contributed by atoms with Crippen molar-refractivity contribution in [2.75, 3.05) is 33.0 Å². The zero-order valence-corrected chi connectivity index (χ0v) is 28.6. The second-order valence-electron chi connectivity index (χ2n) is 16.1. The van der Waals surface area contributed by atoms with E-state index in [1.165, 1.54) is 0 Å². The fourth-order valence-electron chi connectivity index (χ4n) is 9.91. The van der Waals surface area contributed by atoms with Gasteiger partial charge in [0.1, 0.15) is 18.2 Å². The maximum atomic E-state index is 14.4. The SMILES string of the molecule is CN[C@@]12CN3[C@@H](C[C@@H](OC(=O)[C@H](C(C)C)N(C)C)C[C@H]3C)C[C@@]1(O)C(C)(C)[C@@]1(C2)C(=O)Nc2c(C(=O)[C@H]3OC3(C)C)cccc21. The van der Waals surface area contributed by atoms with Gasteiger partial charge in [-0.2, -0.15) is 0 Å². The number of benzene rings is 1. The first-order valence-corrected chi connectivity index (χ1v) is 16.6. The number of ether oxygens (including phenoxy) is 2. The van der Waals surface area contributed by atoms with E-state index < -0.39 is 33.7 Å². The number of nitrogens with one attached hydrogen (secondary N) is 2. The van der Waals surface area contributed by atoms with E-state index in [-0.39, 0.29) is 47.8 Å². The Labute approximate surface area is 267 Å². The number of carbonyl (C=O) groups is 3. The summed E-state index contributed by atoms with van der Waals surface area (Å²) in [5.41, 5.74) is -2.83. The largest absolute Gasteiger partial charge is 0.461 e. The Morgan fingerprint density at radius 3 is 2.42 bits per heavy atom. The molecule has 3 saturated heterocycles. The van der Waals surface area contributed by atoms with Gasteiger partial charge in [0, 0.05) is 36.0 Å². The Bertz CT molecular complexity index is 1420. The number of Topliss-reactive ketones (excluding diaryl/α,β-unsaturated/α-hetero) is 1. The van der Waals surface area contributed by atoms with Crippen molar-refractivity contribution in [2.45, 2.75) is 127 Å². The van der Waals surface area contributed by atoms with E-state index in [9.17, 15) is 19.5 Å². The van der Waals surface area contributed by atoms with E-state index in [4.69, 9.17) is 9.47 Å². The number of likely N-dealkylation sites (N-methyl/N-ethyl adjacent to an activating group) is 2. The minimum atomic E-state index is -1.29. The molecule has 1 aromatic rings. The molecule has 0 radical (unpaired) electrons. The van der Waals surface area contributed by atoms with Gasteiger partial charge in [0.05, 0.1) is 27.8 Å². The first-order chi connectivity index (χ1) is 20.9. The fraction of sp³-hybridized carbons (Fsp3) is 0.743. The quantitative estimate of drug-likeness (QED) is 0.239. The molecular formula is C35H52N4O6. The summed E-state index contributed by atoms with van der Waals surface area (Å²) in [5, 5.41) is 19.7. The highest BCUT2D eigenvalue weighted by atomic mass is 16.6. The third-order valence-electron chi connectivity index (χ3n) is 12.5. The van der Waals surface area contributed by atoms with Crippen molar-refractivity contribution >= 4 is 23.3 Å². The van der Waals surface area contributed by atoms with Crippen molar-refractivity contribution in [2.24, 2.45) is 11.3 Å². The molecule has 1 aliphatic carbocycles. The molecule has 1 saturated carbocycles. The smallest absolute Gasteiger partial charge is 0.323 e. The fourth-order valence-corrected chi connectivity index (χ4v) is 9.91. The van der Waals surface area contributed by atoms with Crippen LogP contribution < -0.4 is 10.6 Å². The van der Waals surface area contributed by atoms with Gasteiger partial charge in [-0.15, -0.1) is 0 Å². The molecule has 4 fully saturated rings. The summed E-state index contributed by atoms with van der Waals surface area (Å²) in [6.45, 7) is 14.6. The van der Waals surface area contributed by atoms with E-state index in [1.54, 1.807) is 6.07 Å². The van der Waals surface area contributed by atoms with Crippen LogP contribution in [0.3, 0.4) is 0 Å². The second kappa shape index (κ2) is 10.3. The number of esters is 1. The lowest BCUT2D eigenvalue weighted by Crippen LogP contribution is -2.75. The van der Waals surface area contributed by atoms with Crippen molar-refractivity contribution in [1.82, 2.24) is 15.1 Å². The summed E-state index contributed by atoms with van der Waals surface area (Å²) in [5.74, 6) is -0.404. The van der Waals surface area contributed by atoms with Gasteiger partial charge in [0.2, 0.25) is 5.91 Å². The van der Waals surface area contributed by atoms with E-state index in [0.717, 1.165) is 5.56 Å². The van der Waals surface area contributed by atoms with Crippen LogP contribution in [-0.4, -0.2) is 107 Å². The van der Waals surface area contributed by atoms with Crippen LogP contribution >= 0.6 is 0 Å². The number of piperidine rings is 2. The summed E-state index contributed by atoms with van der Waals surface area (Å²) in [4.78, 5) is 45.5. The van der Waals surface area contributed by atoms with Crippen molar-refractivity contribution in [1.29, 1.82) is 0 Å². The molecule has 45 heavy (non-hydrogen) atoms. The molecule has 248 valence electrons. The van der Waals surface area contributed by atoms with Crippen LogP contribution in [0.1, 0.15) is 90.1 Å². The van der Waals surface area contributed by atoms with Crippen molar-refractivity contribution in [3.8, 4) is 0 Å². The van der Waals surface area contributed by atoms with Crippen LogP contribution in [0, 0.1) is 11.3 Å². The summed E-state index contributed by atoms with van der Waals surface area (Å²) in [6, 6.07) is 5.31. The Hall–Kier alpha value is -2.37. The highest BCUT2D eigenvalue weighted by Gasteiger charge is 2.79. The van der Waals surface area contributed by atoms with Crippen molar-refractivity contribution < 1.29 is 29.0 Å². The lowest BCUT2D eigenvalue weighted by molar-refractivity contribution is -0.185. The number of epoxide rings is 1. The Kier molecular flexibility index (Phi) is 7.46. The number of anilines is 1. The average molecular weight is 625 g/mol. The lowest BCUT2D eigenvalue weighted by atomic mass is 9.57. The van der Waals surface area contributed by atoms with Crippen LogP contribution in [0.5, 0.6) is 0 Å². The average Bonchev–Trinajstić information content (AvgIpc) is 3.42. The number of hydrogen-bond acceptors (Lipinski definition) is 9. The van der Waals surface area contributed by atoms with E-state index >= 15 is 0 Å². The molecule has 6 rings (SSSR count). The molecule has 10 nitrogen and oxygen atoms in total. The molecule has 0 aromatic heterocycles. The minimum absolute atomic E-state index is 0.0320.